The summed E-state index contributed by atoms with van der Waals surface area (Å²) in [5.41, 5.74) is 1.59. The second-order valence-corrected chi connectivity index (χ2v) is 5.31. The molecule has 0 fully saturated rings. The van der Waals surface area contributed by atoms with Gasteiger partial charge in [-0.2, -0.15) is 0 Å². The van der Waals surface area contributed by atoms with Crippen LogP contribution in [0.15, 0.2) is 23.6 Å². The van der Waals surface area contributed by atoms with Crippen LogP contribution >= 0.6 is 22.9 Å². The molecule has 0 radical (unpaired) electrons. The predicted octanol–water partition coefficient (Wildman–Crippen LogP) is 3.39. The molecule has 18 heavy (non-hydrogen) atoms. The lowest BCUT2D eigenvalue weighted by molar-refractivity contribution is 0.174. The fourth-order valence-electron chi connectivity index (χ4n) is 1.78. The predicted molar refractivity (Wildman–Crippen MR) is 73.5 cm³/mol. The second kappa shape index (κ2) is 5.69. The normalized spacial score (nSPS) is 12.4. The molecule has 0 saturated carbocycles. The van der Waals surface area contributed by atoms with Crippen LogP contribution in [0.25, 0.3) is 0 Å². The molecule has 0 amide bonds. The van der Waals surface area contributed by atoms with E-state index in [4.69, 9.17) is 16.3 Å². The number of methoxy groups -OCH3 is 1. The fraction of sp³-hybridized carbons (Fsp3) is 0.308. The molecule has 2 rings (SSSR count). The van der Waals surface area contributed by atoms with Crippen molar-refractivity contribution in [2.24, 2.45) is 0 Å². The third-order valence-corrected chi connectivity index (χ3v) is 3.92. The monoisotopic (exact) mass is 283 g/mol. The van der Waals surface area contributed by atoms with Crippen molar-refractivity contribution in [1.82, 2.24) is 4.98 Å². The molecular weight excluding hydrogens is 270 g/mol. The Hall–Kier alpha value is -1.10. The van der Waals surface area contributed by atoms with Gasteiger partial charge in [0.05, 0.1) is 23.2 Å². The Kier molecular flexibility index (Phi) is 4.22. The molecule has 1 atom stereocenters. The van der Waals surface area contributed by atoms with Crippen molar-refractivity contribution in [1.29, 1.82) is 0 Å². The van der Waals surface area contributed by atoms with Crippen molar-refractivity contribution in [3.8, 4) is 5.75 Å². The molecule has 96 valence electrons. The van der Waals surface area contributed by atoms with Crippen molar-refractivity contribution in [2.75, 3.05) is 7.11 Å². The maximum Gasteiger partial charge on any atom is 0.126 e. The van der Waals surface area contributed by atoms with Crippen molar-refractivity contribution in [2.45, 2.75) is 19.4 Å². The molecule has 1 aromatic heterocycles. The van der Waals surface area contributed by atoms with Gasteiger partial charge >= 0.3 is 0 Å². The van der Waals surface area contributed by atoms with Crippen LogP contribution in [0.1, 0.15) is 22.4 Å². The van der Waals surface area contributed by atoms with Crippen LogP contribution in [-0.4, -0.2) is 17.2 Å². The third kappa shape index (κ3) is 2.83. The molecular formula is C13H14ClNO2S. The molecule has 2 aromatic rings. The standard InChI is InChI=1S/C13H14ClNO2S/c1-8-7-18-12(15-8)6-10(16)13-9(14)4-3-5-11(13)17-2/h3-5,7,10,16H,6H2,1-2H3. The van der Waals surface area contributed by atoms with Crippen molar-refractivity contribution >= 4 is 22.9 Å². The molecule has 1 heterocycles. The second-order valence-electron chi connectivity index (χ2n) is 3.96. The van der Waals surface area contributed by atoms with Crippen LogP contribution < -0.4 is 4.74 Å². The van der Waals surface area contributed by atoms with E-state index in [1.807, 2.05) is 12.3 Å². The highest BCUT2D eigenvalue weighted by Gasteiger charge is 2.18. The van der Waals surface area contributed by atoms with Crippen LogP contribution in [0.3, 0.4) is 0 Å². The zero-order valence-corrected chi connectivity index (χ0v) is 11.8. The lowest BCUT2D eigenvalue weighted by atomic mass is 10.1. The molecule has 1 unspecified atom stereocenters. The third-order valence-electron chi connectivity index (χ3n) is 2.60. The summed E-state index contributed by atoms with van der Waals surface area (Å²) in [6.07, 6.45) is -0.266. The van der Waals surface area contributed by atoms with E-state index < -0.39 is 6.10 Å². The Bertz CT molecular complexity index is 542. The summed E-state index contributed by atoms with van der Waals surface area (Å²) in [6, 6.07) is 5.33. The lowest BCUT2D eigenvalue weighted by Crippen LogP contribution is -2.05. The number of benzene rings is 1. The smallest absolute Gasteiger partial charge is 0.126 e. The summed E-state index contributed by atoms with van der Waals surface area (Å²) < 4.78 is 5.23. The molecule has 0 bridgehead atoms. The maximum atomic E-state index is 10.3. The molecule has 0 saturated heterocycles. The van der Waals surface area contributed by atoms with Gasteiger partial charge in [-0.3, -0.25) is 0 Å². The van der Waals surface area contributed by atoms with Gasteiger partial charge < -0.3 is 9.84 Å². The van der Waals surface area contributed by atoms with E-state index in [2.05, 4.69) is 4.98 Å². The number of aliphatic hydroxyl groups excluding tert-OH is 1. The minimum atomic E-state index is -0.709. The molecule has 0 aliphatic heterocycles. The SMILES string of the molecule is COc1cccc(Cl)c1C(O)Cc1nc(C)cs1. The van der Waals surface area contributed by atoms with E-state index >= 15 is 0 Å². The molecule has 1 aromatic carbocycles. The van der Waals surface area contributed by atoms with E-state index in [1.165, 1.54) is 11.3 Å². The van der Waals surface area contributed by atoms with Gasteiger partial charge in [-0.1, -0.05) is 17.7 Å². The van der Waals surface area contributed by atoms with Crippen molar-refractivity contribution < 1.29 is 9.84 Å². The molecule has 0 spiro atoms. The fourth-order valence-corrected chi connectivity index (χ4v) is 2.88. The van der Waals surface area contributed by atoms with Gasteiger partial charge in [-0.25, -0.2) is 4.98 Å². The molecule has 5 heteroatoms. The minimum absolute atomic E-state index is 0.443. The van der Waals surface area contributed by atoms with Gasteiger partial charge in [0.25, 0.3) is 0 Å². The summed E-state index contributed by atoms with van der Waals surface area (Å²) in [6.45, 7) is 1.93. The summed E-state index contributed by atoms with van der Waals surface area (Å²) >= 11 is 7.65. The highest BCUT2D eigenvalue weighted by Crippen LogP contribution is 2.34. The summed E-state index contributed by atoms with van der Waals surface area (Å²) in [7, 11) is 1.56. The number of halogens is 1. The first-order valence-corrected chi connectivity index (χ1v) is 6.79. The highest BCUT2D eigenvalue weighted by molar-refractivity contribution is 7.09. The molecule has 0 aliphatic carbocycles. The largest absolute Gasteiger partial charge is 0.496 e. The number of nitrogens with zero attached hydrogens (tertiary/aromatic N) is 1. The molecule has 0 aliphatic rings. The van der Waals surface area contributed by atoms with E-state index in [0.717, 1.165) is 10.7 Å². The average molecular weight is 284 g/mol. The number of hydrogen-bond acceptors (Lipinski definition) is 4. The summed E-state index contributed by atoms with van der Waals surface area (Å²) in [5, 5.41) is 13.6. The quantitative estimate of drug-likeness (QED) is 0.935. The Labute approximate surface area is 115 Å². The van der Waals surface area contributed by atoms with Gasteiger partial charge in [0.15, 0.2) is 0 Å². The number of aromatic nitrogens is 1. The number of hydrogen-bond donors (Lipinski definition) is 1. The van der Waals surface area contributed by atoms with Gasteiger partial charge in [0, 0.05) is 23.1 Å². The van der Waals surface area contributed by atoms with Crippen LogP contribution in [0, 0.1) is 6.92 Å². The topological polar surface area (TPSA) is 42.4 Å². The molecule has 3 nitrogen and oxygen atoms in total. The average Bonchev–Trinajstić information content (AvgIpc) is 2.74. The van der Waals surface area contributed by atoms with E-state index in [9.17, 15) is 5.11 Å². The maximum absolute atomic E-state index is 10.3. The minimum Gasteiger partial charge on any atom is -0.496 e. The first-order chi connectivity index (χ1) is 8.61. The number of rotatable bonds is 4. The summed E-state index contributed by atoms with van der Waals surface area (Å²) in [4.78, 5) is 4.34. The van der Waals surface area contributed by atoms with Crippen LogP contribution in [-0.2, 0) is 6.42 Å². The van der Waals surface area contributed by atoms with Gasteiger partial charge in [-0.15, -0.1) is 11.3 Å². The number of ether oxygens (including phenoxy) is 1. The Balaban J connectivity index is 2.25. The number of aryl methyl sites for hydroxylation is 1. The first-order valence-electron chi connectivity index (χ1n) is 5.53. The zero-order valence-electron chi connectivity index (χ0n) is 10.2. The first kappa shape index (κ1) is 13.3. The van der Waals surface area contributed by atoms with Crippen LogP contribution in [0.4, 0.5) is 0 Å². The Morgan fingerprint density at radius 3 is 2.89 bits per heavy atom. The van der Waals surface area contributed by atoms with Crippen LogP contribution in [0.2, 0.25) is 5.02 Å². The van der Waals surface area contributed by atoms with Gasteiger partial charge in [0.2, 0.25) is 0 Å². The number of aliphatic hydroxyl groups is 1. The van der Waals surface area contributed by atoms with Crippen LogP contribution in [0.5, 0.6) is 5.75 Å². The molecule has 1 N–H and O–H groups in total. The Morgan fingerprint density at radius 2 is 2.28 bits per heavy atom. The van der Waals surface area contributed by atoms with Crippen molar-refractivity contribution in [3.05, 3.63) is 44.9 Å². The van der Waals surface area contributed by atoms with Gasteiger partial charge in [-0.05, 0) is 19.1 Å². The van der Waals surface area contributed by atoms with E-state index in [1.54, 1.807) is 25.3 Å². The Morgan fingerprint density at radius 1 is 1.50 bits per heavy atom. The lowest BCUT2D eigenvalue weighted by Gasteiger charge is -2.15. The van der Waals surface area contributed by atoms with Gasteiger partial charge in [0.1, 0.15) is 5.75 Å². The summed E-state index contributed by atoms with van der Waals surface area (Å²) in [5.74, 6) is 0.600. The van der Waals surface area contributed by atoms with E-state index in [-0.39, 0.29) is 0 Å². The number of thiazole rings is 1. The van der Waals surface area contributed by atoms with Crippen molar-refractivity contribution in [3.63, 3.8) is 0 Å². The van der Waals surface area contributed by atoms with E-state index in [0.29, 0.717) is 22.8 Å². The highest BCUT2D eigenvalue weighted by atomic mass is 35.5. The zero-order chi connectivity index (χ0) is 13.1.